The molecule has 0 atom stereocenters. The van der Waals surface area contributed by atoms with Gasteiger partial charge in [-0.3, -0.25) is 19.6 Å². The highest BCUT2D eigenvalue weighted by molar-refractivity contribution is 6.36. The van der Waals surface area contributed by atoms with Crippen molar-refractivity contribution in [2.45, 2.75) is 6.54 Å². The van der Waals surface area contributed by atoms with E-state index >= 15 is 0 Å². The minimum absolute atomic E-state index is 0.0810. The van der Waals surface area contributed by atoms with Crippen molar-refractivity contribution in [1.29, 1.82) is 0 Å². The van der Waals surface area contributed by atoms with Gasteiger partial charge in [0.25, 0.3) is 5.91 Å². The van der Waals surface area contributed by atoms with E-state index < -0.39 is 10.8 Å². The number of carbonyl (C=O) groups is 1. The summed E-state index contributed by atoms with van der Waals surface area (Å²) in [6.07, 6.45) is 2.42. The van der Waals surface area contributed by atoms with Gasteiger partial charge in [-0.05, 0) is 18.2 Å². The average molecular weight is 396 g/mol. The first kappa shape index (κ1) is 17.9. The van der Waals surface area contributed by atoms with Gasteiger partial charge in [0.2, 0.25) is 0 Å². The first-order valence-electron chi connectivity index (χ1n) is 7.31. The molecular weight excluding hydrogens is 385 g/mol. The number of hydrogen-bond acceptors (Lipinski definition) is 6. The van der Waals surface area contributed by atoms with Crippen LogP contribution in [0.15, 0.2) is 41.2 Å². The van der Waals surface area contributed by atoms with Gasteiger partial charge in [0.05, 0.1) is 16.5 Å². The third kappa shape index (κ3) is 4.01. The number of carbonyl (C=O) groups excluding carboxylic acids is 1. The minimum atomic E-state index is -0.541. The number of nitrogens with zero attached hydrogens (tertiary/aromatic N) is 4. The Hall–Kier alpha value is -2.91. The fraction of sp³-hybridized carbons (Fsp3) is 0.133. The van der Waals surface area contributed by atoms with Crippen molar-refractivity contribution in [3.8, 4) is 11.3 Å². The summed E-state index contributed by atoms with van der Waals surface area (Å²) in [6.45, 7) is 0.481. The lowest BCUT2D eigenvalue weighted by atomic mass is 10.1. The average Bonchev–Trinajstić information content (AvgIpc) is 3.24. The molecule has 0 saturated carbocycles. The van der Waals surface area contributed by atoms with Crippen LogP contribution >= 0.6 is 23.2 Å². The molecule has 0 saturated heterocycles. The van der Waals surface area contributed by atoms with Crippen LogP contribution in [-0.4, -0.2) is 32.3 Å². The first-order chi connectivity index (χ1) is 12.4. The van der Waals surface area contributed by atoms with Gasteiger partial charge in [-0.2, -0.15) is 5.10 Å². The molecule has 9 nitrogen and oxygen atoms in total. The zero-order valence-electron chi connectivity index (χ0n) is 13.1. The second-order valence-electron chi connectivity index (χ2n) is 5.18. The molecule has 2 heterocycles. The van der Waals surface area contributed by atoms with E-state index in [0.29, 0.717) is 21.4 Å². The first-order valence-corrected chi connectivity index (χ1v) is 8.07. The fourth-order valence-electron chi connectivity index (χ4n) is 2.14. The fourth-order valence-corrected chi connectivity index (χ4v) is 2.64. The molecule has 11 heteroatoms. The maximum absolute atomic E-state index is 12.1. The number of hydrogen-bond donors (Lipinski definition) is 1. The Bertz CT molecular complexity index is 969. The molecule has 0 aliphatic carbocycles. The molecule has 1 N–H and O–H groups in total. The van der Waals surface area contributed by atoms with Gasteiger partial charge in [0, 0.05) is 23.2 Å². The lowest BCUT2D eigenvalue weighted by Gasteiger charge is -2.02. The summed E-state index contributed by atoms with van der Waals surface area (Å²) >= 11 is 11.9. The molecule has 0 unspecified atom stereocenters. The van der Waals surface area contributed by atoms with Crippen molar-refractivity contribution < 1.29 is 14.2 Å². The standard InChI is InChI=1S/C15H11Cl2N5O4/c16-9-1-2-11(12(17)5-9)14-6-13(20-26-14)15(23)18-3-4-21-8-10(7-19-21)22(24)25/h1-2,5-8H,3-4H2,(H,18,23). The zero-order valence-corrected chi connectivity index (χ0v) is 14.6. The molecule has 1 amide bonds. The van der Waals surface area contributed by atoms with Crippen LogP contribution in [0.4, 0.5) is 5.69 Å². The summed E-state index contributed by atoms with van der Waals surface area (Å²) in [5.41, 5.74) is 0.529. The van der Waals surface area contributed by atoms with Gasteiger partial charge in [0.15, 0.2) is 11.5 Å². The van der Waals surface area contributed by atoms with E-state index in [-0.39, 0.29) is 24.5 Å². The molecular formula is C15H11Cl2N5O4. The van der Waals surface area contributed by atoms with E-state index in [1.165, 1.54) is 16.9 Å². The van der Waals surface area contributed by atoms with Crippen LogP contribution < -0.4 is 5.32 Å². The van der Waals surface area contributed by atoms with E-state index in [9.17, 15) is 14.9 Å². The lowest BCUT2D eigenvalue weighted by molar-refractivity contribution is -0.385. The SMILES string of the molecule is O=C(NCCn1cc([N+](=O)[O-])cn1)c1cc(-c2ccc(Cl)cc2Cl)on1. The molecule has 1 aromatic carbocycles. The topological polar surface area (TPSA) is 116 Å². The second kappa shape index (κ2) is 7.54. The Kier molecular flexibility index (Phi) is 5.19. The number of amides is 1. The molecule has 26 heavy (non-hydrogen) atoms. The molecule has 0 fully saturated rings. The highest BCUT2D eigenvalue weighted by Gasteiger charge is 2.16. The van der Waals surface area contributed by atoms with Crippen molar-refractivity contribution in [2.24, 2.45) is 0 Å². The van der Waals surface area contributed by atoms with E-state index in [1.807, 2.05) is 0 Å². The van der Waals surface area contributed by atoms with Gasteiger partial charge < -0.3 is 9.84 Å². The molecule has 3 aromatic rings. The van der Waals surface area contributed by atoms with Crippen molar-refractivity contribution >= 4 is 34.8 Å². The number of aromatic nitrogens is 3. The van der Waals surface area contributed by atoms with E-state index in [2.05, 4.69) is 15.6 Å². The summed E-state index contributed by atoms with van der Waals surface area (Å²) in [5.74, 6) is -0.119. The van der Waals surface area contributed by atoms with Gasteiger partial charge in [-0.15, -0.1) is 0 Å². The number of nitrogens with one attached hydrogen (secondary N) is 1. The van der Waals surface area contributed by atoms with E-state index in [0.717, 1.165) is 6.20 Å². The monoisotopic (exact) mass is 395 g/mol. The van der Waals surface area contributed by atoms with Crippen molar-refractivity contribution in [1.82, 2.24) is 20.3 Å². The molecule has 0 aliphatic heterocycles. The zero-order chi connectivity index (χ0) is 18.7. The second-order valence-corrected chi connectivity index (χ2v) is 6.02. The van der Waals surface area contributed by atoms with Crippen LogP contribution in [0, 0.1) is 10.1 Å². The normalized spacial score (nSPS) is 10.7. The predicted molar refractivity (Wildman–Crippen MR) is 93.2 cm³/mol. The van der Waals surface area contributed by atoms with E-state index in [4.69, 9.17) is 27.7 Å². The van der Waals surface area contributed by atoms with Crippen LogP contribution in [0.1, 0.15) is 10.5 Å². The van der Waals surface area contributed by atoms with E-state index in [1.54, 1.807) is 18.2 Å². The molecule has 134 valence electrons. The van der Waals surface area contributed by atoms with Crippen LogP contribution in [0.3, 0.4) is 0 Å². The maximum atomic E-state index is 12.1. The molecule has 0 spiro atoms. The predicted octanol–water partition coefficient (Wildman–Crippen LogP) is 3.18. The van der Waals surface area contributed by atoms with Crippen molar-refractivity contribution in [2.75, 3.05) is 6.54 Å². The minimum Gasteiger partial charge on any atom is -0.355 e. The highest BCUT2D eigenvalue weighted by atomic mass is 35.5. The van der Waals surface area contributed by atoms with Gasteiger partial charge >= 0.3 is 5.69 Å². The molecule has 0 aliphatic rings. The summed E-state index contributed by atoms with van der Waals surface area (Å²) in [4.78, 5) is 22.2. The third-order valence-electron chi connectivity index (χ3n) is 3.40. The number of halogens is 2. The lowest BCUT2D eigenvalue weighted by Crippen LogP contribution is -2.27. The third-order valence-corrected chi connectivity index (χ3v) is 3.94. The quantitative estimate of drug-likeness (QED) is 0.505. The van der Waals surface area contributed by atoms with Crippen LogP contribution in [-0.2, 0) is 6.54 Å². The Morgan fingerprint density at radius 3 is 2.85 bits per heavy atom. The molecule has 2 aromatic heterocycles. The van der Waals surface area contributed by atoms with Crippen LogP contribution in [0.5, 0.6) is 0 Å². The van der Waals surface area contributed by atoms with Crippen molar-refractivity contribution in [3.05, 3.63) is 62.5 Å². The molecule has 0 radical (unpaired) electrons. The van der Waals surface area contributed by atoms with Gasteiger partial charge in [-0.1, -0.05) is 28.4 Å². The Morgan fingerprint density at radius 2 is 2.15 bits per heavy atom. The number of nitro groups is 1. The van der Waals surface area contributed by atoms with Crippen LogP contribution in [0.25, 0.3) is 11.3 Å². The highest BCUT2D eigenvalue weighted by Crippen LogP contribution is 2.30. The Balaban J connectivity index is 1.60. The molecule has 3 rings (SSSR count). The Morgan fingerprint density at radius 1 is 1.35 bits per heavy atom. The summed E-state index contributed by atoms with van der Waals surface area (Å²) in [6, 6.07) is 6.33. The summed E-state index contributed by atoms with van der Waals surface area (Å²) in [5, 5.41) is 21.6. The van der Waals surface area contributed by atoms with Gasteiger partial charge in [0.1, 0.15) is 12.4 Å². The van der Waals surface area contributed by atoms with Crippen molar-refractivity contribution in [3.63, 3.8) is 0 Å². The maximum Gasteiger partial charge on any atom is 0.306 e. The largest absolute Gasteiger partial charge is 0.355 e. The van der Waals surface area contributed by atoms with Gasteiger partial charge in [-0.25, -0.2) is 0 Å². The van der Waals surface area contributed by atoms with Crippen LogP contribution in [0.2, 0.25) is 10.0 Å². The summed E-state index contributed by atoms with van der Waals surface area (Å²) in [7, 11) is 0. The number of benzene rings is 1. The molecule has 0 bridgehead atoms. The number of rotatable bonds is 6. The smallest absolute Gasteiger partial charge is 0.306 e. The Labute approximate surface area is 156 Å². The summed E-state index contributed by atoms with van der Waals surface area (Å²) < 4.78 is 6.52.